The molecular formula is C11H17N3OS2. The number of aromatic nitrogens is 2. The average molecular weight is 271 g/mol. The summed E-state index contributed by atoms with van der Waals surface area (Å²) in [5, 5.41) is 15.3. The number of nitrogens with zero attached hydrogens (tertiary/aromatic N) is 2. The fourth-order valence-corrected chi connectivity index (χ4v) is 3.36. The zero-order chi connectivity index (χ0) is 12.3. The molecule has 0 spiro atoms. The van der Waals surface area contributed by atoms with Gasteiger partial charge in [-0.1, -0.05) is 6.92 Å². The highest BCUT2D eigenvalue weighted by molar-refractivity contribution is 7.99. The number of hydrogen-bond acceptors (Lipinski definition) is 5. The molecule has 0 aliphatic heterocycles. The number of aliphatic hydroxyl groups excluding tert-OH is 1. The molecule has 0 aromatic carbocycles. The van der Waals surface area contributed by atoms with Crippen LogP contribution in [-0.4, -0.2) is 33.9 Å². The second-order valence-electron chi connectivity index (χ2n) is 4.05. The molecule has 0 amide bonds. The van der Waals surface area contributed by atoms with Gasteiger partial charge in [0.25, 0.3) is 0 Å². The van der Waals surface area contributed by atoms with E-state index in [-0.39, 0.29) is 6.61 Å². The van der Waals surface area contributed by atoms with Crippen LogP contribution in [0.2, 0.25) is 0 Å². The van der Waals surface area contributed by atoms with Crippen LogP contribution < -0.4 is 5.32 Å². The second kappa shape index (κ2) is 5.86. The Balaban J connectivity index is 2.19. The van der Waals surface area contributed by atoms with Crippen LogP contribution in [0.3, 0.4) is 0 Å². The summed E-state index contributed by atoms with van der Waals surface area (Å²) in [6, 6.07) is 0. The van der Waals surface area contributed by atoms with E-state index in [2.05, 4.69) is 20.9 Å². The number of hydrogen-bond donors (Lipinski definition) is 2. The van der Waals surface area contributed by atoms with E-state index in [0.29, 0.717) is 5.92 Å². The van der Waals surface area contributed by atoms with E-state index in [9.17, 15) is 0 Å². The van der Waals surface area contributed by atoms with Crippen LogP contribution in [0.5, 0.6) is 0 Å². The maximum atomic E-state index is 9.04. The van der Waals surface area contributed by atoms with Crippen molar-refractivity contribution in [1.82, 2.24) is 14.7 Å². The molecule has 0 bridgehead atoms. The lowest BCUT2D eigenvalue weighted by Gasteiger charge is -2.07. The van der Waals surface area contributed by atoms with Crippen LogP contribution in [0.25, 0.3) is 4.96 Å². The smallest absolute Gasteiger partial charge is 0.194 e. The van der Waals surface area contributed by atoms with Gasteiger partial charge in [0, 0.05) is 30.5 Å². The van der Waals surface area contributed by atoms with Crippen molar-refractivity contribution < 1.29 is 5.11 Å². The molecule has 0 radical (unpaired) electrons. The third-order valence-corrected chi connectivity index (χ3v) is 4.58. The Morgan fingerprint density at radius 3 is 3.18 bits per heavy atom. The Bertz CT molecular complexity index is 480. The van der Waals surface area contributed by atoms with Gasteiger partial charge < -0.3 is 10.4 Å². The third kappa shape index (κ3) is 2.82. The number of imidazole rings is 1. The molecule has 0 saturated carbocycles. The highest BCUT2D eigenvalue weighted by Crippen LogP contribution is 2.27. The molecule has 0 fully saturated rings. The summed E-state index contributed by atoms with van der Waals surface area (Å²) in [6.45, 7) is 3.09. The highest BCUT2D eigenvalue weighted by atomic mass is 32.2. The van der Waals surface area contributed by atoms with Gasteiger partial charge in [0.15, 0.2) is 4.96 Å². The summed E-state index contributed by atoms with van der Waals surface area (Å²) in [4.78, 5) is 5.66. The summed E-state index contributed by atoms with van der Waals surface area (Å²) >= 11 is 3.37. The Kier molecular flexibility index (Phi) is 4.44. The van der Waals surface area contributed by atoms with Crippen LogP contribution in [0.1, 0.15) is 12.6 Å². The van der Waals surface area contributed by atoms with Crippen molar-refractivity contribution >= 4 is 28.1 Å². The fraction of sp³-hybridized carbons (Fsp3) is 0.545. The minimum absolute atomic E-state index is 0.233. The predicted molar refractivity (Wildman–Crippen MR) is 72.8 cm³/mol. The molecule has 1 unspecified atom stereocenters. The SMILES string of the molecule is CNCc1c(SCC(C)CO)nc2sccn12. The Labute approximate surface area is 109 Å². The quantitative estimate of drug-likeness (QED) is 0.787. The van der Waals surface area contributed by atoms with Crippen molar-refractivity contribution in [3.05, 3.63) is 17.3 Å². The Hall–Kier alpha value is -0.560. The molecule has 6 heteroatoms. The van der Waals surface area contributed by atoms with E-state index < -0.39 is 0 Å². The largest absolute Gasteiger partial charge is 0.396 e. The molecular weight excluding hydrogens is 254 g/mol. The highest BCUT2D eigenvalue weighted by Gasteiger charge is 2.13. The molecule has 2 aromatic heterocycles. The van der Waals surface area contributed by atoms with Gasteiger partial charge in [-0.15, -0.1) is 23.1 Å². The van der Waals surface area contributed by atoms with Crippen LogP contribution in [0.4, 0.5) is 0 Å². The maximum Gasteiger partial charge on any atom is 0.194 e. The maximum absolute atomic E-state index is 9.04. The van der Waals surface area contributed by atoms with Crippen LogP contribution >= 0.6 is 23.1 Å². The lowest BCUT2D eigenvalue weighted by atomic mass is 10.2. The van der Waals surface area contributed by atoms with Gasteiger partial charge in [0.1, 0.15) is 5.03 Å². The third-order valence-electron chi connectivity index (χ3n) is 2.48. The average Bonchev–Trinajstić information content (AvgIpc) is 2.89. The number of fused-ring (bicyclic) bond motifs is 1. The summed E-state index contributed by atoms with van der Waals surface area (Å²) in [5.41, 5.74) is 1.21. The van der Waals surface area contributed by atoms with Crippen molar-refractivity contribution in [2.75, 3.05) is 19.4 Å². The fourth-order valence-electron chi connectivity index (χ4n) is 1.53. The van der Waals surface area contributed by atoms with Crippen molar-refractivity contribution in [1.29, 1.82) is 0 Å². The van der Waals surface area contributed by atoms with Crippen molar-refractivity contribution in [3.8, 4) is 0 Å². The van der Waals surface area contributed by atoms with E-state index in [1.54, 1.807) is 23.1 Å². The van der Waals surface area contributed by atoms with E-state index in [0.717, 1.165) is 22.3 Å². The molecule has 94 valence electrons. The van der Waals surface area contributed by atoms with Gasteiger partial charge in [0.05, 0.1) is 5.69 Å². The molecule has 2 rings (SSSR count). The molecule has 2 N–H and O–H groups in total. The monoisotopic (exact) mass is 271 g/mol. The summed E-state index contributed by atoms with van der Waals surface area (Å²) in [6.07, 6.45) is 2.05. The summed E-state index contributed by atoms with van der Waals surface area (Å²) in [7, 11) is 1.94. The summed E-state index contributed by atoms with van der Waals surface area (Å²) < 4.78 is 2.13. The van der Waals surface area contributed by atoms with Crippen molar-refractivity contribution in [3.63, 3.8) is 0 Å². The molecule has 2 heterocycles. The number of thiazole rings is 1. The second-order valence-corrected chi connectivity index (χ2v) is 5.93. The van der Waals surface area contributed by atoms with E-state index in [1.807, 2.05) is 19.4 Å². The van der Waals surface area contributed by atoms with Crippen LogP contribution in [-0.2, 0) is 6.54 Å². The first-order chi connectivity index (χ1) is 8.26. The molecule has 0 aliphatic carbocycles. The molecule has 0 aliphatic rings. The van der Waals surface area contributed by atoms with Gasteiger partial charge in [-0.2, -0.15) is 0 Å². The molecule has 4 nitrogen and oxygen atoms in total. The first kappa shape index (κ1) is 12.9. The van der Waals surface area contributed by atoms with Gasteiger partial charge in [-0.3, -0.25) is 4.40 Å². The van der Waals surface area contributed by atoms with Gasteiger partial charge in [-0.25, -0.2) is 4.98 Å². The Morgan fingerprint density at radius 2 is 2.47 bits per heavy atom. The van der Waals surface area contributed by atoms with E-state index >= 15 is 0 Å². The number of nitrogens with one attached hydrogen (secondary N) is 1. The predicted octanol–water partition coefficient (Wildman–Crippen LogP) is 1.84. The van der Waals surface area contributed by atoms with E-state index in [1.165, 1.54) is 5.69 Å². The van der Waals surface area contributed by atoms with Gasteiger partial charge in [0.2, 0.25) is 0 Å². The van der Waals surface area contributed by atoms with Crippen molar-refractivity contribution in [2.24, 2.45) is 5.92 Å². The minimum atomic E-state index is 0.233. The molecule has 2 aromatic rings. The first-order valence-corrected chi connectivity index (χ1v) is 7.45. The number of rotatable bonds is 6. The van der Waals surface area contributed by atoms with Crippen molar-refractivity contribution in [2.45, 2.75) is 18.5 Å². The number of aliphatic hydroxyl groups is 1. The normalized spacial score (nSPS) is 13.4. The number of thioether (sulfide) groups is 1. The lowest BCUT2D eigenvalue weighted by Crippen LogP contribution is -2.09. The minimum Gasteiger partial charge on any atom is -0.396 e. The molecule has 1 atom stereocenters. The zero-order valence-electron chi connectivity index (χ0n) is 10.0. The summed E-state index contributed by atoms with van der Waals surface area (Å²) in [5.74, 6) is 1.21. The lowest BCUT2D eigenvalue weighted by molar-refractivity contribution is 0.250. The topological polar surface area (TPSA) is 49.6 Å². The molecule has 0 saturated heterocycles. The molecule has 17 heavy (non-hydrogen) atoms. The zero-order valence-corrected chi connectivity index (χ0v) is 11.6. The standard InChI is InChI=1S/C11H17N3OS2/c1-8(6-15)7-17-10-9(5-12-2)14-3-4-16-11(14)13-10/h3-4,8,12,15H,5-7H2,1-2H3. The Morgan fingerprint density at radius 1 is 1.65 bits per heavy atom. The van der Waals surface area contributed by atoms with Gasteiger partial charge >= 0.3 is 0 Å². The van der Waals surface area contributed by atoms with Crippen LogP contribution in [0.15, 0.2) is 16.6 Å². The first-order valence-electron chi connectivity index (χ1n) is 5.59. The van der Waals surface area contributed by atoms with Gasteiger partial charge in [-0.05, 0) is 13.0 Å². The van der Waals surface area contributed by atoms with Crippen LogP contribution in [0, 0.1) is 5.92 Å². The van der Waals surface area contributed by atoms with E-state index in [4.69, 9.17) is 5.11 Å².